The third kappa shape index (κ3) is 2.76. The number of aromatic nitrogens is 3. The topological polar surface area (TPSA) is 41.9 Å². The third-order valence-corrected chi connectivity index (χ3v) is 3.25. The van der Waals surface area contributed by atoms with E-state index in [4.69, 9.17) is 0 Å². The van der Waals surface area contributed by atoms with E-state index >= 15 is 0 Å². The molecular weight excluding hydrogens is 220 g/mol. The maximum absolute atomic E-state index is 4.34. The first kappa shape index (κ1) is 11.0. The summed E-state index contributed by atoms with van der Waals surface area (Å²) < 4.78 is 4.17. The second kappa shape index (κ2) is 5.03. The van der Waals surface area contributed by atoms with Crippen LogP contribution >= 0.6 is 11.5 Å². The van der Waals surface area contributed by atoms with Crippen molar-refractivity contribution in [3.63, 3.8) is 0 Å². The van der Waals surface area contributed by atoms with Gasteiger partial charge in [-0.25, -0.2) is 4.98 Å². The Kier molecular flexibility index (Phi) is 3.46. The highest BCUT2D eigenvalue weighted by Crippen LogP contribution is 2.15. The molecule has 0 amide bonds. The minimum atomic E-state index is 0.843. The summed E-state index contributed by atoms with van der Waals surface area (Å²) in [4.78, 5) is 10.5. The molecule has 5 heteroatoms. The summed E-state index contributed by atoms with van der Waals surface area (Å²) in [5.41, 5.74) is 1.29. The molecule has 0 bridgehead atoms. The summed E-state index contributed by atoms with van der Waals surface area (Å²) in [6, 6.07) is 4.08. The van der Waals surface area contributed by atoms with Crippen LogP contribution in [0.15, 0.2) is 24.5 Å². The van der Waals surface area contributed by atoms with E-state index in [-0.39, 0.29) is 0 Å². The van der Waals surface area contributed by atoms with Gasteiger partial charge >= 0.3 is 0 Å². The van der Waals surface area contributed by atoms with Gasteiger partial charge in [-0.05, 0) is 31.0 Å². The maximum Gasteiger partial charge on any atom is 0.204 e. The Bertz CT molecular complexity index is 440. The average Bonchev–Trinajstić information content (AvgIpc) is 2.74. The van der Waals surface area contributed by atoms with E-state index < -0.39 is 0 Å². The highest BCUT2D eigenvalue weighted by molar-refractivity contribution is 7.09. The molecule has 0 aliphatic rings. The first-order chi connectivity index (χ1) is 7.75. The summed E-state index contributed by atoms with van der Waals surface area (Å²) in [6.07, 6.45) is 4.65. The van der Waals surface area contributed by atoms with Crippen LogP contribution in [0, 0.1) is 6.92 Å². The summed E-state index contributed by atoms with van der Waals surface area (Å²) in [5, 5.41) is 0.978. The standard InChI is InChI=1S/C11H14N4S/c1-9-13-11(16-14-9)15(2)8-5-10-3-6-12-7-4-10/h3-4,6-7H,5,8H2,1-2H3. The van der Waals surface area contributed by atoms with Crippen LogP contribution in [-0.2, 0) is 6.42 Å². The Morgan fingerprint density at radius 1 is 1.31 bits per heavy atom. The zero-order chi connectivity index (χ0) is 11.4. The monoisotopic (exact) mass is 234 g/mol. The van der Waals surface area contributed by atoms with Gasteiger partial charge in [-0.1, -0.05) is 0 Å². The summed E-state index contributed by atoms with van der Waals surface area (Å²) in [6.45, 7) is 2.86. The van der Waals surface area contributed by atoms with Crippen molar-refractivity contribution in [3.05, 3.63) is 35.9 Å². The zero-order valence-electron chi connectivity index (χ0n) is 9.42. The molecular formula is C11H14N4S. The second-order valence-electron chi connectivity index (χ2n) is 3.65. The van der Waals surface area contributed by atoms with Gasteiger partial charge < -0.3 is 4.90 Å². The lowest BCUT2D eigenvalue weighted by Gasteiger charge is -2.14. The molecule has 84 valence electrons. The van der Waals surface area contributed by atoms with Gasteiger partial charge in [-0.3, -0.25) is 4.98 Å². The van der Waals surface area contributed by atoms with Crippen molar-refractivity contribution in [2.45, 2.75) is 13.3 Å². The fourth-order valence-electron chi connectivity index (χ4n) is 1.38. The minimum Gasteiger partial charge on any atom is -0.350 e. The number of hydrogen-bond donors (Lipinski definition) is 0. The first-order valence-electron chi connectivity index (χ1n) is 5.16. The number of hydrogen-bond acceptors (Lipinski definition) is 5. The number of pyridine rings is 1. The van der Waals surface area contributed by atoms with Gasteiger partial charge in [0.2, 0.25) is 5.13 Å². The van der Waals surface area contributed by atoms with Crippen LogP contribution in [0.4, 0.5) is 5.13 Å². The lowest BCUT2D eigenvalue weighted by molar-refractivity contribution is 0.867. The Morgan fingerprint density at radius 3 is 2.69 bits per heavy atom. The van der Waals surface area contributed by atoms with E-state index in [2.05, 4.69) is 19.2 Å². The molecule has 16 heavy (non-hydrogen) atoms. The summed E-state index contributed by atoms with van der Waals surface area (Å²) in [7, 11) is 2.04. The molecule has 0 radical (unpaired) electrons. The summed E-state index contributed by atoms with van der Waals surface area (Å²) >= 11 is 1.45. The molecule has 2 aromatic rings. The van der Waals surface area contributed by atoms with Crippen molar-refractivity contribution in [2.75, 3.05) is 18.5 Å². The van der Waals surface area contributed by atoms with Gasteiger partial charge in [0.05, 0.1) is 0 Å². The quantitative estimate of drug-likeness (QED) is 0.810. The Labute approximate surface area is 99.1 Å². The predicted octanol–water partition coefficient (Wildman–Crippen LogP) is 1.92. The molecule has 0 atom stereocenters. The van der Waals surface area contributed by atoms with Gasteiger partial charge in [0, 0.05) is 37.5 Å². The van der Waals surface area contributed by atoms with E-state index in [0.29, 0.717) is 0 Å². The van der Waals surface area contributed by atoms with Crippen LogP contribution in [0.25, 0.3) is 0 Å². The lowest BCUT2D eigenvalue weighted by Crippen LogP contribution is -2.20. The van der Waals surface area contributed by atoms with Gasteiger partial charge in [0.25, 0.3) is 0 Å². The molecule has 2 heterocycles. The molecule has 0 fully saturated rings. The van der Waals surface area contributed by atoms with E-state index in [0.717, 1.165) is 23.9 Å². The van der Waals surface area contributed by atoms with Gasteiger partial charge in [-0.2, -0.15) is 4.37 Å². The van der Waals surface area contributed by atoms with Crippen molar-refractivity contribution < 1.29 is 0 Å². The van der Waals surface area contributed by atoms with Crippen molar-refractivity contribution >= 4 is 16.7 Å². The van der Waals surface area contributed by atoms with E-state index in [1.165, 1.54) is 17.1 Å². The van der Waals surface area contributed by atoms with Crippen molar-refractivity contribution in [1.82, 2.24) is 14.3 Å². The van der Waals surface area contributed by atoms with E-state index in [9.17, 15) is 0 Å². The van der Waals surface area contributed by atoms with Crippen LogP contribution in [0.5, 0.6) is 0 Å². The van der Waals surface area contributed by atoms with Gasteiger partial charge in [0.1, 0.15) is 5.82 Å². The normalized spacial score (nSPS) is 10.4. The molecule has 2 aromatic heterocycles. The van der Waals surface area contributed by atoms with Crippen molar-refractivity contribution in [2.24, 2.45) is 0 Å². The fraction of sp³-hybridized carbons (Fsp3) is 0.364. The van der Waals surface area contributed by atoms with Crippen LogP contribution in [-0.4, -0.2) is 27.9 Å². The second-order valence-corrected chi connectivity index (χ2v) is 4.38. The number of likely N-dealkylation sites (N-methyl/N-ethyl adjacent to an activating group) is 1. The van der Waals surface area contributed by atoms with Gasteiger partial charge in [-0.15, -0.1) is 0 Å². The lowest BCUT2D eigenvalue weighted by atomic mass is 10.2. The van der Waals surface area contributed by atoms with Crippen molar-refractivity contribution in [1.29, 1.82) is 0 Å². The molecule has 2 rings (SSSR count). The maximum atomic E-state index is 4.34. The van der Waals surface area contributed by atoms with Crippen LogP contribution in [0.1, 0.15) is 11.4 Å². The predicted molar refractivity (Wildman–Crippen MR) is 65.9 cm³/mol. The van der Waals surface area contributed by atoms with Crippen LogP contribution < -0.4 is 4.90 Å². The Morgan fingerprint density at radius 2 is 2.06 bits per heavy atom. The number of aryl methyl sites for hydroxylation is 1. The molecule has 0 aliphatic heterocycles. The van der Waals surface area contributed by atoms with Crippen LogP contribution in [0.2, 0.25) is 0 Å². The zero-order valence-corrected chi connectivity index (χ0v) is 10.2. The highest BCUT2D eigenvalue weighted by atomic mass is 32.1. The molecule has 0 saturated heterocycles. The van der Waals surface area contributed by atoms with Crippen molar-refractivity contribution in [3.8, 4) is 0 Å². The number of rotatable bonds is 4. The number of anilines is 1. The van der Waals surface area contributed by atoms with E-state index in [1.54, 1.807) is 0 Å². The van der Waals surface area contributed by atoms with Crippen LogP contribution in [0.3, 0.4) is 0 Å². The smallest absolute Gasteiger partial charge is 0.204 e. The molecule has 0 spiro atoms. The fourth-order valence-corrected chi connectivity index (χ4v) is 2.04. The molecule has 0 saturated carbocycles. The SMILES string of the molecule is Cc1nsc(N(C)CCc2ccncc2)n1. The molecule has 0 unspecified atom stereocenters. The first-order valence-corrected chi connectivity index (χ1v) is 5.93. The minimum absolute atomic E-state index is 0.843. The number of nitrogens with zero attached hydrogens (tertiary/aromatic N) is 4. The van der Waals surface area contributed by atoms with E-state index in [1.807, 2.05) is 38.5 Å². The summed E-state index contributed by atoms with van der Waals surface area (Å²) in [5.74, 6) is 0.843. The molecule has 0 aliphatic carbocycles. The highest BCUT2D eigenvalue weighted by Gasteiger charge is 2.05. The average molecular weight is 234 g/mol. The Hall–Kier alpha value is -1.49. The Balaban J connectivity index is 1.91. The molecule has 0 N–H and O–H groups in total. The third-order valence-electron chi connectivity index (χ3n) is 2.33. The largest absolute Gasteiger partial charge is 0.350 e. The molecule has 0 aromatic carbocycles. The van der Waals surface area contributed by atoms with Gasteiger partial charge in [0.15, 0.2) is 0 Å². The molecule has 4 nitrogen and oxygen atoms in total.